The number of amides is 1. The average molecular weight is 327 g/mol. The molecule has 0 saturated carbocycles. The van der Waals surface area contributed by atoms with Crippen molar-refractivity contribution in [2.45, 2.75) is 26.8 Å². The highest BCUT2D eigenvalue weighted by atomic mass is 16.2. The van der Waals surface area contributed by atoms with Gasteiger partial charge < -0.3 is 11.1 Å². The van der Waals surface area contributed by atoms with Crippen LogP contribution in [-0.2, 0) is 11.3 Å². The van der Waals surface area contributed by atoms with E-state index in [1.165, 1.54) is 15.4 Å². The molecule has 1 amide bonds. The molecule has 3 aromatic rings. The van der Waals surface area contributed by atoms with Crippen molar-refractivity contribution in [3.05, 3.63) is 30.2 Å². The Bertz CT molecular complexity index is 925. The van der Waals surface area contributed by atoms with Gasteiger partial charge in [0.15, 0.2) is 5.82 Å². The van der Waals surface area contributed by atoms with E-state index in [1.807, 2.05) is 0 Å². The molecule has 2 aromatic heterocycles. The number of hydrogen-bond donors (Lipinski definition) is 2. The van der Waals surface area contributed by atoms with E-state index in [0.29, 0.717) is 34.8 Å². The number of fused-ring (bicyclic) bond motifs is 1. The van der Waals surface area contributed by atoms with Gasteiger partial charge in [-0.05, 0) is 25.1 Å². The van der Waals surface area contributed by atoms with E-state index in [4.69, 9.17) is 5.73 Å². The van der Waals surface area contributed by atoms with Crippen LogP contribution in [0, 0.1) is 6.92 Å². The fourth-order valence-electron chi connectivity index (χ4n) is 2.41. The van der Waals surface area contributed by atoms with Gasteiger partial charge in [-0.3, -0.25) is 14.2 Å². The molecule has 0 radical (unpaired) electrons. The maximum absolute atomic E-state index is 12.6. The predicted octanol–water partition coefficient (Wildman–Crippen LogP) is 1.21. The molecule has 0 unspecified atom stereocenters. The lowest BCUT2D eigenvalue weighted by Crippen LogP contribution is -2.19. The van der Waals surface area contributed by atoms with Gasteiger partial charge in [-0.25, -0.2) is 9.67 Å². The lowest BCUT2D eigenvalue weighted by atomic mass is 10.3. The zero-order chi connectivity index (χ0) is 17.3. The van der Waals surface area contributed by atoms with Crippen LogP contribution in [0.1, 0.15) is 24.0 Å². The number of nitrogen functional groups attached to an aromatic ring is 1. The van der Waals surface area contributed by atoms with E-state index in [-0.39, 0.29) is 18.4 Å². The van der Waals surface area contributed by atoms with E-state index in [0.717, 1.165) is 0 Å². The number of carbonyl (C=O) groups is 2. The first kappa shape index (κ1) is 15.7. The van der Waals surface area contributed by atoms with Gasteiger partial charge in [-0.1, -0.05) is 12.1 Å². The van der Waals surface area contributed by atoms with Crippen molar-refractivity contribution in [3.8, 4) is 0 Å². The molecule has 0 bridgehead atoms. The number of nitrogens with one attached hydrogen (secondary N) is 1. The summed E-state index contributed by atoms with van der Waals surface area (Å²) < 4.78 is 2.89. The van der Waals surface area contributed by atoms with Crippen LogP contribution < -0.4 is 11.1 Å². The van der Waals surface area contributed by atoms with Crippen molar-refractivity contribution in [1.29, 1.82) is 0 Å². The standard InChI is InChI=1S/C15H17N7O2/c1-3-14(23)18-13-7-21(20-19-13)8-15(24)22-9(2)17-11-6-10(16)4-5-12(11)22/h4-7H,3,8,16H2,1-2H3,(H,18,23). The van der Waals surface area contributed by atoms with E-state index < -0.39 is 0 Å². The molecule has 124 valence electrons. The minimum absolute atomic E-state index is 0.0222. The van der Waals surface area contributed by atoms with E-state index in [9.17, 15) is 9.59 Å². The van der Waals surface area contributed by atoms with Gasteiger partial charge in [0.05, 0.1) is 17.2 Å². The fourth-order valence-corrected chi connectivity index (χ4v) is 2.41. The van der Waals surface area contributed by atoms with Gasteiger partial charge in [-0.2, -0.15) is 0 Å². The topological polar surface area (TPSA) is 121 Å². The number of carbonyl (C=O) groups excluding carboxylic acids is 2. The first-order chi connectivity index (χ1) is 11.5. The van der Waals surface area contributed by atoms with Crippen LogP contribution in [0.25, 0.3) is 11.0 Å². The summed E-state index contributed by atoms with van der Waals surface area (Å²) in [4.78, 5) is 28.3. The van der Waals surface area contributed by atoms with E-state index >= 15 is 0 Å². The molecule has 3 rings (SSSR count). The molecule has 3 N–H and O–H groups in total. The van der Waals surface area contributed by atoms with Crippen molar-refractivity contribution in [2.24, 2.45) is 0 Å². The number of nitrogens with two attached hydrogens (primary N) is 1. The Morgan fingerprint density at radius 3 is 2.88 bits per heavy atom. The molecule has 2 heterocycles. The Labute approximate surface area is 137 Å². The Morgan fingerprint density at radius 1 is 1.33 bits per heavy atom. The van der Waals surface area contributed by atoms with Gasteiger partial charge >= 0.3 is 0 Å². The van der Waals surface area contributed by atoms with Gasteiger partial charge in [0.25, 0.3) is 5.91 Å². The second-order valence-corrected chi connectivity index (χ2v) is 5.34. The van der Waals surface area contributed by atoms with Gasteiger partial charge in [0.1, 0.15) is 12.4 Å². The van der Waals surface area contributed by atoms with Crippen LogP contribution in [0.2, 0.25) is 0 Å². The Hall–Kier alpha value is -3.23. The van der Waals surface area contributed by atoms with Crippen molar-refractivity contribution in [2.75, 3.05) is 11.1 Å². The normalized spacial score (nSPS) is 10.9. The van der Waals surface area contributed by atoms with Crippen LogP contribution in [0.5, 0.6) is 0 Å². The molecule has 0 aliphatic rings. The number of aromatic nitrogens is 5. The smallest absolute Gasteiger partial charge is 0.254 e. The molecule has 0 aliphatic heterocycles. The van der Waals surface area contributed by atoms with Crippen LogP contribution in [0.4, 0.5) is 11.5 Å². The zero-order valence-corrected chi connectivity index (χ0v) is 13.4. The number of imidazole rings is 1. The summed E-state index contributed by atoms with van der Waals surface area (Å²) in [6, 6.07) is 5.21. The third-order valence-electron chi connectivity index (χ3n) is 3.52. The molecule has 1 aromatic carbocycles. The third kappa shape index (κ3) is 2.96. The summed E-state index contributed by atoms with van der Waals surface area (Å²) in [6.45, 7) is 3.47. The highest BCUT2D eigenvalue weighted by Gasteiger charge is 2.16. The number of hydrogen-bond acceptors (Lipinski definition) is 6. The molecular weight excluding hydrogens is 310 g/mol. The molecule has 0 fully saturated rings. The summed E-state index contributed by atoms with van der Waals surface area (Å²) in [6.07, 6.45) is 1.85. The van der Waals surface area contributed by atoms with E-state index in [2.05, 4.69) is 20.6 Å². The molecule has 0 atom stereocenters. The number of anilines is 2. The van der Waals surface area contributed by atoms with Crippen molar-refractivity contribution in [3.63, 3.8) is 0 Å². The Morgan fingerprint density at radius 2 is 2.12 bits per heavy atom. The second-order valence-electron chi connectivity index (χ2n) is 5.34. The van der Waals surface area contributed by atoms with Crippen molar-refractivity contribution in [1.82, 2.24) is 24.5 Å². The first-order valence-electron chi connectivity index (χ1n) is 7.45. The molecule has 9 nitrogen and oxygen atoms in total. The maximum atomic E-state index is 12.6. The Kier molecular flexibility index (Phi) is 3.98. The second kappa shape index (κ2) is 6.11. The molecular formula is C15H17N7O2. The molecule has 24 heavy (non-hydrogen) atoms. The van der Waals surface area contributed by atoms with Crippen molar-refractivity contribution >= 4 is 34.4 Å². The number of rotatable bonds is 4. The molecule has 0 aliphatic carbocycles. The lowest BCUT2D eigenvalue weighted by molar-refractivity contribution is -0.115. The quantitative estimate of drug-likeness (QED) is 0.695. The van der Waals surface area contributed by atoms with Crippen molar-refractivity contribution < 1.29 is 9.59 Å². The summed E-state index contributed by atoms with van der Waals surface area (Å²) in [5, 5.41) is 10.3. The molecule has 0 saturated heterocycles. The molecule has 0 spiro atoms. The minimum atomic E-state index is -0.210. The summed E-state index contributed by atoms with van der Waals surface area (Å²) in [7, 11) is 0. The summed E-state index contributed by atoms with van der Waals surface area (Å²) in [5.41, 5.74) is 7.68. The summed E-state index contributed by atoms with van der Waals surface area (Å²) >= 11 is 0. The SMILES string of the molecule is CCC(=O)Nc1cn(CC(=O)n2c(C)nc3cc(N)ccc32)nn1. The highest BCUT2D eigenvalue weighted by Crippen LogP contribution is 2.19. The number of benzene rings is 1. The van der Waals surface area contributed by atoms with Crippen LogP contribution >= 0.6 is 0 Å². The van der Waals surface area contributed by atoms with Crippen LogP contribution in [0.3, 0.4) is 0 Å². The monoisotopic (exact) mass is 327 g/mol. The fraction of sp³-hybridized carbons (Fsp3) is 0.267. The number of nitrogens with zero attached hydrogens (tertiary/aromatic N) is 5. The summed E-state index contributed by atoms with van der Waals surface area (Å²) in [5.74, 6) is 0.510. The average Bonchev–Trinajstić information content (AvgIpc) is 3.09. The van der Waals surface area contributed by atoms with E-state index in [1.54, 1.807) is 32.0 Å². The zero-order valence-electron chi connectivity index (χ0n) is 13.4. The maximum Gasteiger partial charge on any atom is 0.254 e. The minimum Gasteiger partial charge on any atom is -0.399 e. The van der Waals surface area contributed by atoms with Gasteiger partial charge in [-0.15, -0.1) is 5.10 Å². The third-order valence-corrected chi connectivity index (χ3v) is 3.52. The van der Waals surface area contributed by atoms with Gasteiger partial charge in [0.2, 0.25) is 5.91 Å². The Balaban J connectivity index is 1.83. The van der Waals surface area contributed by atoms with Crippen LogP contribution in [0.15, 0.2) is 24.4 Å². The number of aryl methyl sites for hydroxylation is 1. The first-order valence-corrected chi connectivity index (χ1v) is 7.45. The lowest BCUT2D eigenvalue weighted by Gasteiger charge is -2.05. The highest BCUT2D eigenvalue weighted by molar-refractivity contribution is 5.92. The largest absolute Gasteiger partial charge is 0.399 e. The molecule has 9 heteroatoms. The van der Waals surface area contributed by atoms with Crippen LogP contribution in [-0.4, -0.2) is 36.4 Å². The van der Waals surface area contributed by atoms with Gasteiger partial charge in [0, 0.05) is 12.1 Å². The predicted molar refractivity (Wildman–Crippen MR) is 88.5 cm³/mol.